The van der Waals surface area contributed by atoms with Crippen LogP contribution in [0.25, 0.3) is 108 Å². The van der Waals surface area contributed by atoms with Crippen molar-refractivity contribution in [2.75, 3.05) is 9.80 Å². The van der Waals surface area contributed by atoms with Crippen molar-refractivity contribution < 1.29 is 17.7 Å². The van der Waals surface area contributed by atoms with E-state index in [-0.39, 0.29) is 16.2 Å². The molecule has 17 rings (SSSR count). The van der Waals surface area contributed by atoms with Crippen molar-refractivity contribution in [2.45, 2.75) is 78.6 Å². The highest BCUT2D eigenvalue weighted by molar-refractivity contribution is 7.22. The predicted octanol–water partition coefficient (Wildman–Crippen LogP) is 21.7. The van der Waals surface area contributed by atoms with Gasteiger partial charge in [0.25, 0.3) is 0 Å². The third-order valence-corrected chi connectivity index (χ3v) is 20.4. The smallest absolute Gasteiger partial charge is 0.342 e. The summed E-state index contributed by atoms with van der Waals surface area (Å²) in [7, 11) is 0. The van der Waals surface area contributed by atoms with E-state index in [1.54, 1.807) is 0 Å². The third-order valence-electron chi connectivity index (χ3n) is 18.0. The summed E-state index contributed by atoms with van der Waals surface area (Å²) in [5, 5.41) is 6.64. The van der Waals surface area contributed by atoms with Crippen molar-refractivity contribution in [1.29, 1.82) is 0 Å². The first-order chi connectivity index (χ1) is 41.9. The summed E-state index contributed by atoms with van der Waals surface area (Å²) in [5.74, 6) is 1.61. The summed E-state index contributed by atoms with van der Waals surface area (Å²) in [6, 6.07) is 75.6. The van der Waals surface area contributed by atoms with E-state index in [4.69, 9.17) is 17.7 Å². The van der Waals surface area contributed by atoms with Crippen LogP contribution in [0.15, 0.2) is 224 Å². The molecule has 87 heavy (non-hydrogen) atoms. The topological polar surface area (TPSA) is 59.0 Å². The lowest BCUT2D eigenvalue weighted by atomic mass is 9.37. The van der Waals surface area contributed by atoms with Crippen molar-refractivity contribution in [1.82, 2.24) is 0 Å². The molecule has 2 aliphatic heterocycles. The van der Waals surface area contributed by atoms with Crippen molar-refractivity contribution >= 4 is 144 Å². The minimum absolute atomic E-state index is 0.147. The molecule has 2 aliphatic rings. The number of nitrogens with zero attached hydrogens (tertiary/aromatic N) is 2. The van der Waals surface area contributed by atoms with Gasteiger partial charge in [0, 0.05) is 74.6 Å². The molecule has 9 heteroatoms. The minimum atomic E-state index is -0.446. The average molecular weight is 1170 g/mol. The minimum Gasteiger partial charge on any atom is -0.468 e. The largest absolute Gasteiger partial charge is 0.468 e. The quantitative estimate of drug-likeness (QED) is 0.155. The van der Waals surface area contributed by atoms with E-state index in [0.717, 1.165) is 129 Å². The van der Waals surface area contributed by atoms with Crippen LogP contribution < -0.4 is 26.6 Å². The lowest BCUT2D eigenvalue weighted by Crippen LogP contribution is -2.60. The molecule has 422 valence electrons. The van der Waals surface area contributed by atoms with E-state index in [0.29, 0.717) is 0 Å². The van der Waals surface area contributed by atoms with Gasteiger partial charge in [0.2, 0.25) is 0 Å². The first kappa shape index (κ1) is 52.1. The Hall–Kier alpha value is -9.28. The van der Waals surface area contributed by atoms with Crippen LogP contribution in [0.5, 0.6) is 0 Å². The molecular formula is C78H61BN2O4S2. The van der Waals surface area contributed by atoms with Crippen molar-refractivity contribution in [3.8, 4) is 43.5 Å². The normalized spacial score (nSPS) is 13.5. The highest BCUT2D eigenvalue weighted by atomic mass is 32.1. The Kier molecular flexibility index (Phi) is 11.1. The maximum absolute atomic E-state index is 7.60. The SMILES string of the molecule is CC(C)(C)c1cc2c3c(c1)N(c1cc(-c4cc5ccccc5o4)cc(-c4cc5ccccc5s4)c1)c1c(oc4ccc(C(C)(C)C)cc14)B3c1oc3ccc(C(C)(C)C)cc3c1N2c1cc(-c2cc3ccccc3o2)cc(-c2cc3ccccc3s2)c1. The number of furan rings is 4. The molecule has 0 aliphatic carbocycles. The van der Waals surface area contributed by atoms with Gasteiger partial charge >= 0.3 is 6.71 Å². The Morgan fingerprint density at radius 2 is 0.747 bits per heavy atom. The van der Waals surface area contributed by atoms with Gasteiger partial charge in [0.1, 0.15) is 45.2 Å². The Morgan fingerprint density at radius 1 is 0.345 bits per heavy atom. The van der Waals surface area contributed by atoms with Gasteiger partial charge in [-0.2, -0.15) is 0 Å². The fraction of sp³-hybridized carbons (Fsp3) is 0.154. The van der Waals surface area contributed by atoms with Gasteiger partial charge in [-0.25, -0.2) is 0 Å². The summed E-state index contributed by atoms with van der Waals surface area (Å²) >= 11 is 3.64. The van der Waals surface area contributed by atoms with E-state index in [1.807, 2.05) is 34.8 Å². The lowest BCUT2D eigenvalue weighted by molar-refractivity contribution is 0.590. The highest BCUT2D eigenvalue weighted by Crippen LogP contribution is 2.53. The number of benzene rings is 9. The molecule has 0 radical (unpaired) electrons. The van der Waals surface area contributed by atoms with Crippen LogP contribution >= 0.6 is 22.7 Å². The molecule has 0 unspecified atom stereocenters. The van der Waals surface area contributed by atoms with Gasteiger partial charge in [0.05, 0.1) is 11.4 Å². The fourth-order valence-electron chi connectivity index (χ4n) is 13.4. The number of hydrogen-bond donors (Lipinski definition) is 0. The zero-order chi connectivity index (χ0) is 59.0. The van der Waals surface area contributed by atoms with Crippen molar-refractivity contribution in [2.24, 2.45) is 0 Å². The molecule has 0 saturated heterocycles. The molecule has 15 aromatic rings. The molecular weight excluding hydrogens is 1100 g/mol. The molecule has 6 nitrogen and oxygen atoms in total. The summed E-state index contributed by atoms with van der Waals surface area (Å²) in [6.45, 7) is 20.3. The number of anilines is 6. The average Bonchev–Trinajstić information content (AvgIpc) is 1.64. The molecule has 0 amide bonds. The molecule has 0 atom stereocenters. The number of rotatable bonds is 6. The van der Waals surface area contributed by atoms with Crippen LogP contribution in [0.3, 0.4) is 0 Å². The first-order valence-corrected chi connectivity index (χ1v) is 31.8. The zero-order valence-corrected chi connectivity index (χ0v) is 51.7. The van der Waals surface area contributed by atoms with E-state index in [2.05, 4.69) is 266 Å². The second kappa shape index (κ2) is 18.6. The lowest BCUT2D eigenvalue weighted by Gasteiger charge is -2.42. The molecule has 0 saturated carbocycles. The maximum Gasteiger partial charge on any atom is 0.342 e. The van der Waals surface area contributed by atoms with Gasteiger partial charge in [0.15, 0.2) is 0 Å². The van der Waals surface area contributed by atoms with E-state index >= 15 is 0 Å². The van der Waals surface area contributed by atoms with Crippen LogP contribution in [0, 0.1) is 0 Å². The van der Waals surface area contributed by atoms with Gasteiger partial charge in [-0.1, -0.05) is 147 Å². The van der Waals surface area contributed by atoms with Crippen LogP contribution in [0.1, 0.15) is 79.0 Å². The maximum atomic E-state index is 7.60. The van der Waals surface area contributed by atoms with Gasteiger partial charge in [-0.05, 0) is 182 Å². The Balaban J connectivity index is 1.00. The highest BCUT2D eigenvalue weighted by Gasteiger charge is 2.51. The molecule has 8 heterocycles. The van der Waals surface area contributed by atoms with Crippen molar-refractivity contribution in [3.63, 3.8) is 0 Å². The molecule has 0 fully saturated rings. The van der Waals surface area contributed by atoms with E-state index < -0.39 is 6.71 Å². The zero-order valence-electron chi connectivity index (χ0n) is 50.1. The molecule has 0 spiro atoms. The molecule has 9 aromatic carbocycles. The predicted molar refractivity (Wildman–Crippen MR) is 368 cm³/mol. The van der Waals surface area contributed by atoms with Crippen LogP contribution in [0.2, 0.25) is 0 Å². The standard InChI is InChI=1S/C78H61BN2O4S2/c1-76(2,3)52-26-28-63-57(40-52)72-74(84-63)79-71-59(80(72)55-32-48(65-36-44-18-10-14-22-61(44)82-65)30-50(34-55)69-38-46-20-12-16-24-67(46)86-69)42-54(78(7,8)9)43-60(71)81(73-58-41-53(77(4,5)6)27-29-64(58)85-75(73)79)56-33-49(66-37-45-19-11-15-23-62(45)83-66)31-51(35-56)70-39-47-21-13-17-25-68(47)87-70/h10-43H,1-9H3. The monoisotopic (exact) mass is 1160 g/mol. The van der Waals surface area contributed by atoms with E-state index in [9.17, 15) is 0 Å². The first-order valence-electron chi connectivity index (χ1n) is 30.1. The van der Waals surface area contributed by atoms with Crippen LogP contribution in [-0.4, -0.2) is 6.71 Å². The molecule has 0 bridgehead atoms. The Morgan fingerprint density at radius 3 is 1.16 bits per heavy atom. The number of fused-ring (bicyclic) bond motifs is 12. The fourth-order valence-corrected chi connectivity index (χ4v) is 15.5. The van der Waals surface area contributed by atoms with E-state index in [1.165, 1.54) is 46.6 Å². The van der Waals surface area contributed by atoms with Gasteiger partial charge < -0.3 is 27.5 Å². The number of thiophene rings is 2. The van der Waals surface area contributed by atoms with Crippen LogP contribution in [0.4, 0.5) is 34.1 Å². The molecule has 0 N–H and O–H groups in total. The molecule has 6 aromatic heterocycles. The Labute approximate surface area is 513 Å². The summed E-state index contributed by atoms with van der Waals surface area (Å²) in [6.07, 6.45) is 0. The summed E-state index contributed by atoms with van der Waals surface area (Å²) in [5.41, 5.74) is 19.5. The van der Waals surface area contributed by atoms with Gasteiger partial charge in [-0.3, -0.25) is 0 Å². The number of hydrogen-bond acceptors (Lipinski definition) is 8. The number of para-hydroxylation sites is 2. The van der Waals surface area contributed by atoms with Crippen molar-refractivity contribution in [3.05, 3.63) is 223 Å². The van der Waals surface area contributed by atoms with Gasteiger partial charge in [-0.15, -0.1) is 22.7 Å². The van der Waals surface area contributed by atoms with Crippen LogP contribution in [-0.2, 0) is 16.2 Å². The summed E-state index contributed by atoms with van der Waals surface area (Å²) < 4.78 is 31.4. The second-order valence-corrected chi connectivity index (χ2v) is 29.1. The second-order valence-electron chi connectivity index (χ2n) is 27.0. The Bertz CT molecular complexity index is 4710. The summed E-state index contributed by atoms with van der Waals surface area (Å²) in [4.78, 5) is 7.40. The third kappa shape index (κ3) is 8.33.